The number of pyridine rings is 1. The van der Waals surface area contributed by atoms with Crippen molar-refractivity contribution in [1.29, 1.82) is 0 Å². The van der Waals surface area contributed by atoms with Gasteiger partial charge >= 0.3 is 0 Å². The Kier molecular flexibility index (Phi) is 6.14. The predicted molar refractivity (Wildman–Crippen MR) is 69.5 cm³/mol. The van der Waals surface area contributed by atoms with Crippen LogP contribution in [0.1, 0.15) is 64.4 Å². The van der Waals surface area contributed by atoms with E-state index in [1.54, 1.807) is 0 Å². The van der Waals surface area contributed by atoms with E-state index in [-0.39, 0.29) is 0 Å². The molecule has 1 nitrogen and oxygen atoms in total. The molecule has 1 heteroatoms. The van der Waals surface area contributed by atoms with E-state index in [9.17, 15) is 0 Å². The summed E-state index contributed by atoms with van der Waals surface area (Å²) in [6, 6.07) is 4.49. The van der Waals surface area contributed by atoms with E-state index in [2.05, 4.69) is 49.9 Å². The van der Waals surface area contributed by atoms with Crippen molar-refractivity contribution in [3.05, 3.63) is 30.1 Å². The van der Waals surface area contributed by atoms with Gasteiger partial charge in [0.25, 0.3) is 0 Å². The molecule has 1 aromatic heterocycles. The Labute approximate surface area is 101 Å². The summed E-state index contributed by atoms with van der Waals surface area (Å²) in [5, 5.41) is 0. The first kappa shape index (κ1) is 13.2. The number of nitrogens with zero attached hydrogens (tertiary/aromatic N) is 1. The van der Waals surface area contributed by atoms with Crippen molar-refractivity contribution in [1.82, 2.24) is 0 Å². The van der Waals surface area contributed by atoms with Gasteiger partial charge in [-0.25, -0.2) is 4.57 Å². The van der Waals surface area contributed by atoms with Gasteiger partial charge in [-0.2, -0.15) is 0 Å². The van der Waals surface area contributed by atoms with E-state index in [0.29, 0.717) is 5.92 Å². The fourth-order valence-electron chi connectivity index (χ4n) is 1.90. The molecule has 1 rings (SSSR count). The highest BCUT2D eigenvalue weighted by Crippen LogP contribution is 2.11. The second-order valence-corrected chi connectivity index (χ2v) is 4.94. The zero-order chi connectivity index (χ0) is 11.8. The third-order valence-corrected chi connectivity index (χ3v) is 3.10. The van der Waals surface area contributed by atoms with Crippen LogP contribution in [0.15, 0.2) is 24.5 Å². The van der Waals surface area contributed by atoms with Gasteiger partial charge in [0.2, 0.25) is 0 Å². The fourth-order valence-corrected chi connectivity index (χ4v) is 1.90. The van der Waals surface area contributed by atoms with Crippen molar-refractivity contribution in [2.45, 2.75) is 65.3 Å². The lowest BCUT2D eigenvalue weighted by molar-refractivity contribution is -0.697. The molecule has 0 aliphatic heterocycles. The molecule has 90 valence electrons. The van der Waals surface area contributed by atoms with Gasteiger partial charge in [-0.05, 0) is 17.9 Å². The van der Waals surface area contributed by atoms with Crippen LogP contribution >= 0.6 is 0 Å². The van der Waals surface area contributed by atoms with Gasteiger partial charge in [0.1, 0.15) is 6.54 Å². The summed E-state index contributed by atoms with van der Waals surface area (Å²) in [5.41, 5.74) is 1.43. The van der Waals surface area contributed by atoms with Crippen LogP contribution in [0, 0.1) is 0 Å². The van der Waals surface area contributed by atoms with Crippen LogP contribution in [0.25, 0.3) is 0 Å². The number of rotatable bonds is 7. The maximum absolute atomic E-state index is 2.30. The van der Waals surface area contributed by atoms with Gasteiger partial charge in [-0.3, -0.25) is 0 Å². The first-order valence-corrected chi connectivity index (χ1v) is 6.73. The molecule has 0 atom stereocenters. The molecule has 0 N–H and O–H groups in total. The molecule has 0 aliphatic rings. The SMILES string of the molecule is CCCCCCC[n+]1ccc(C(C)C)cc1. The van der Waals surface area contributed by atoms with Crippen LogP contribution in [0.5, 0.6) is 0 Å². The number of unbranched alkanes of at least 4 members (excludes halogenated alkanes) is 4. The quantitative estimate of drug-likeness (QED) is 0.482. The second-order valence-electron chi connectivity index (χ2n) is 4.94. The summed E-state index contributed by atoms with van der Waals surface area (Å²) in [4.78, 5) is 0. The van der Waals surface area contributed by atoms with Gasteiger partial charge in [-0.1, -0.05) is 40.0 Å². The normalized spacial score (nSPS) is 11.0. The Morgan fingerprint density at radius 3 is 2.19 bits per heavy atom. The Hall–Kier alpha value is -0.850. The smallest absolute Gasteiger partial charge is 0.169 e. The van der Waals surface area contributed by atoms with Gasteiger partial charge in [0, 0.05) is 18.6 Å². The molecule has 1 heterocycles. The van der Waals surface area contributed by atoms with E-state index in [4.69, 9.17) is 0 Å². The van der Waals surface area contributed by atoms with Crippen LogP contribution in [0.4, 0.5) is 0 Å². The lowest BCUT2D eigenvalue weighted by Gasteiger charge is -2.03. The minimum atomic E-state index is 0.638. The summed E-state index contributed by atoms with van der Waals surface area (Å²) in [7, 11) is 0. The fraction of sp³-hybridized carbons (Fsp3) is 0.667. The minimum absolute atomic E-state index is 0.638. The maximum Gasteiger partial charge on any atom is 0.169 e. The molecule has 16 heavy (non-hydrogen) atoms. The summed E-state index contributed by atoms with van der Waals surface area (Å²) < 4.78 is 2.30. The van der Waals surface area contributed by atoms with Gasteiger partial charge < -0.3 is 0 Å². The number of aryl methyl sites for hydroxylation is 1. The van der Waals surface area contributed by atoms with Crippen molar-refractivity contribution in [3.8, 4) is 0 Å². The standard InChI is InChI=1S/C15H26N/c1-4-5-6-7-8-11-16-12-9-15(10-13-16)14(2)3/h9-10,12-14H,4-8,11H2,1-3H3/q+1. The molecule has 0 aliphatic carbocycles. The number of aromatic nitrogens is 1. The summed E-state index contributed by atoms with van der Waals surface area (Å²) in [5.74, 6) is 0.638. The molecule has 0 radical (unpaired) electrons. The molecule has 0 saturated carbocycles. The maximum atomic E-state index is 2.30. The van der Waals surface area contributed by atoms with Crippen LogP contribution in [-0.4, -0.2) is 0 Å². The van der Waals surface area contributed by atoms with E-state index >= 15 is 0 Å². The average Bonchev–Trinajstić information content (AvgIpc) is 2.29. The molecule has 0 bridgehead atoms. The first-order valence-electron chi connectivity index (χ1n) is 6.73. The molecule has 0 unspecified atom stereocenters. The van der Waals surface area contributed by atoms with Crippen LogP contribution in [0.3, 0.4) is 0 Å². The summed E-state index contributed by atoms with van der Waals surface area (Å²) >= 11 is 0. The molecule has 1 aromatic rings. The highest BCUT2D eigenvalue weighted by atomic mass is 14.9. The zero-order valence-electron chi connectivity index (χ0n) is 11.1. The Morgan fingerprint density at radius 1 is 1.00 bits per heavy atom. The lowest BCUT2D eigenvalue weighted by atomic mass is 10.1. The Balaban J connectivity index is 2.27. The van der Waals surface area contributed by atoms with Crippen LogP contribution in [0.2, 0.25) is 0 Å². The predicted octanol–water partition coefficient (Wildman–Crippen LogP) is 4.07. The molecular formula is C15H26N+. The van der Waals surface area contributed by atoms with Crippen LogP contribution in [-0.2, 0) is 6.54 Å². The van der Waals surface area contributed by atoms with Gasteiger partial charge in [0.15, 0.2) is 12.4 Å². The third kappa shape index (κ3) is 4.78. The van der Waals surface area contributed by atoms with E-state index < -0.39 is 0 Å². The molecule has 0 saturated heterocycles. The summed E-state index contributed by atoms with van der Waals surface area (Å²) in [6.07, 6.45) is 11.2. The zero-order valence-corrected chi connectivity index (χ0v) is 11.1. The van der Waals surface area contributed by atoms with Crippen molar-refractivity contribution in [3.63, 3.8) is 0 Å². The summed E-state index contributed by atoms with van der Waals surface area (Å²) in [6.45, 7) is 7.91. The van der Waals surface area contributed by atoms with Crippen molar-refractivity contribution >= 4 is 0 Å². The largest absolute Gasteiger partial charge is 0.205 e. The molecule has 0 spiro atoms. The number of hydrogen-bond donors (Lipinski definition) is 0. The molecule has 0 aromatic carbocycles. The lowest BCUT2D eigenvalue weighted by Crippen LogP contribution is -2.32. The monoisotopic (exact) mass is 220 g/mol. The van der Waals surface area contributed by atoms with E-state index in [1.807, 2.05) is 0 Å². The average molecular weight is 220 g/mol. The van der Waals surface area contributed by atoms with E-state index in [0.717, 1.165) is 0 Å². The number of hydrogen-bond acceptors (Lipinski definition) is 0. The van der Waals surface area contributed by atoms with Crippen molar-refractivity contribution in [2.75, 3.05) is 0 Å². The first-order chi connectivity index (χ1) is 7.74. The van der Waals surface area contributed by atoms with Gasteiger partial charge in [0.05, 0.1) is 0 Å². The third-order valence-electron chi connectivity index (χ3n) is 3.10. The second kappa shape index (κ2) is 7.43. The van der Waals surface area contributed by atoms with Crippen molar-refractivity contribution in [2.24, 2.45) is 0 Å². The van der Waals surface area contributed by atoms with Crippen LogP contribution < -0.4 is 4.57 Å². The minimum Gasteiger partial charge on any atom is -0.205 e. The highest BCUT2D eigenvalue weighted by molar-refractivity contribution is 5.11. The Bertz CT molecular complexity index is 274. The van der Waals surface area contributed by atoms with Crippen molar-refractivity contribution < 1.29 is 4.57 Å². The topological polar surface area (TPSA) is 3.88 Å². The van der Waals surface area contributed by atoms with E-state index in [1.165, 1.54) is 44.2 Å². The molecular weight excluding hydrogens is 194 g/mol. The van der Waals surface area contributed by atoms with Gasteiger partial charge in [-0.15, -0.1) is 0 Å². The molecule has 0 fully saturated rings. The highest BCUT2D eigenvalue weighted by Gasteiger charge is 2.03. The Morgan fingerprint density at radius 2 is 1.62 bits per heavy atom. The molecule has 0 amide bonds.